The number of rotatable bonds is 5. The first-order valence-electron chi connectivity index (χ1n) is 8.49. The van der Waals surface area contributed by atoms with Crippen molar-refractivity contribution >= 4 is 17.7 Å². The molecule has 0 radical (unpaired) electrons. The average Bonchev–Trinajstić information content (AvgIpc) is 2.52. The molecule has 0 bridgehead atoms. The highest BCUT2D eigenvalue weighted by Crippen LogP contribution is 2.22. The average molecular weight is 355 g/mol. The van der Waals surface area contributed by atoms with E-state index in [1.165, 1.54) is 0 Å². The highest BCUT2D eigenvalue weighted by molar-refractivity contribution is 6.29. The van der Waals surface area contributed by atoms with Gasteiger partial charge >= 0.3 is 6.09 Å². The first-order chi connectivity index (χ1) is 11.3. The number of aromatic nitrogens is 1. The third-order valence-electron chi connectivity index (χ3n) is 3.99. The Kier molecular flexibility index (Phi) is 6.87. The smallest absolute Gasteiger partial charge is 0.410 e. The van der Waals surface area contributed by atoms with E-state index in [0.717, 1.165) is 44.5 Å². The Balaban J connectivity index is 1.61. The number of likely N-dealkylation sites (tertiary alicyclic amines) is 1. The number of hydrogen-bond donors (Lipinski definition) is 0. The molecule has 2 rings (SSSR count). The van der Waals surface area contributed by atoms with E-state index < -0.39 is 5.60 Å². The minimum Gasteiger partial charge on any atom is -0.444 e. The maximum atomic E-state index is 12.0. The summed E-state index contributed by atoms with van der Waals surface area (Å²) in [6.07, 6.45) is 4.56. The van der Waals surface area contributed by atoms with E-state index in [1.54, 1.807) is 12.3 Å². The molecule has 134 valence electrons. The normalized spacial score (nSPS) is 16.2. The van der Waals surface area contributed by atoms with Gasteiger partial charge in [-0.3, -0.25) is 0 Å². The molecule has 1 aromatic rings. The van der Waals surface area contributed by atoms with Gasteiger partial charge in [0, 0.05) is 25.9 Å². The van der Waals surface area contributed by atoms with E-state index in [0.29, 0.717) is 17.7 Å². The molecule has 1 saturated heterocycles. The van der Waals surface area contributed by atoms with Crippen molar-refractivity contribution in [1.82, 2.24) is 9.88 Å². The van der Waals surface area contributed by atoms with E-state index in [9.17, 15) is 4.79 Å². The zero-order valence-corrected chi connectivity index (χ0v) is 15.5. The maximum Gasteiger partial charge on any atom is 0.410 e. The van der Waals surface area contributed by atoms with Crippen LogP contribution in [0.1, 0.15) is 45.6 Å². The molecule has 6 heteroatoms. The van der Waals surface area contributed by atoms with Gasteiger partial charge in [-0.25, -0.2) is 9.78 Å². The number of halogens is 1. The van der Waals surface area contributed by atoms with Crippen molar-refractivity contribution in [3.63, 3.8) is 0 Å². The second-order valence-corrected chi connectivity index (χ2v) is 7.63. The largest absolute Gasteiger partial charge is 0.444 e. The minimum absolute atomic E-state index is 0.201. The van der Waals surface area contributed by atoms with E-state index in [2.05, 4.69) is 4.98 Å². The Hall–Kier alpha value is -1.33. The number of ether oxygens (including phenoxy) is 2. The van der Waals surface area contributed by atoms with E-state index in [1.807, 2.05) is 31.7 Å². The Bertz CT molecular complexity index is 520. The summed E-state index contributed by atoms with van der Waals surface area (Å²) in [5, 5.41) is 0.496. The second kappa shape index (κ2) is 8.67. The summed E-state index contributed by atoms with van der Waals surface area (Å²) in [5.41, 5.74) is 0.595. The van der Waals surface area contributed by atoms with Crippen LogP contribution in [0.15, 0.2) is 18.3 Å². The lowest BCUT2D eigenvalue weighted by molar-refractivity contribution is 0.0164. The number of amides is 1. The van der Waals surface area contributed by atoms with Gasteiger partial charge < -0.3 is 14.4 Å². The van der Waals surface area contributed by atoms with Crippen LogP contribution in [0.4, 0.5) is 4.79 Å². The molecule has 24 heavy (non-hydrogen) atoms. The highest BCUT2D eigenvalue weighted by Gasteiger charge is 2.26. The molecule has 1 fully saturated rings. The molecule has 1 aliphatic rings. The maximum absolute atomic E-state index is 12.0. The van der Waals surface area contributed by atoms with Crippen LogP contribution in [0.5, 0.6) is 0 Å². The predicted octanol–water partition coefficient (Wildman–Crippen LogP) is 4.29. The van der Waals surface area contributed by atoms with Crippen molar-refractivity contribution in [3.05, 3.63) is 29.0 Å². The van der Waals surface area contributed by atoms with Crippen LogP contribution < -0.4 is 0 Å². The van der Waals surface area contributed by atoms with Gasteiger partial charge in [-0.2, -0.15) is 0 Å². The van der Waals surface area contributed by atoms with Crippen molar-refractivity contribution in [2.24, 2.45) is 5.92 Å². The molecule has 0 aliphatic carbocycles. The molecule has 0 aromatic carbocycles. The van der Waals surface area contributed by atoms with Crippen molar-refractivity contribution in [2.45, 2.75) is 52.2 Å². The first-order valence-corrected chi connectivity index (χ1v) is 8.87. The Morgan fingerprint density at radius 2 is 2.04 bits per heavy atom. The molecule has 1 aromatic heterocycles. The molecular weight excluding hydrogens is 328 g/mol. The lowest BCUT2D eigenvalue weighted by atomic mass is 9.94. The first kappa shape index (κ1) is 19.0. The summed E-state index contributed by atoms with van der Waals surface area (Å²) in [6.45, 7) is 8.49. The predicted molar refractivity (Wildman–Crippen MR) is 94.1 cm³/mol. The van der Waals surface area contributed by atoms with Crippen molar-refractivity contribution in [1.29, 1.82) is 0 Å². The van der Waals surface area contributed by atoms with Crippen LogP contribution in [0.25, 0.3) is 0 Å². The van der Waals surface area contributed by atoms with Gasteiger partial charge in [0.05, 0.1) is 6.61 Å². The number of piperidine rings is 1. The van der Waals surface area contributed by atoms with E-state index in [-0.39, 0.29) is 6.09 Å². The van der Waals surface area contributed by atoms with Gasteiger partial charge in [-0.1, -0.05) is 17.7 Å². The number of carbonyl (C=O) groups excluding carboxylic acids is 1. The zero-order valence-electron chi connectivity index (χ0n) is 14.8. The third kappa shape index (κ3) is 6.65. The molecule has 1 amide bonds. The van der Waals surface area contributed by atoms with Crippen LogP contribution in [0, 0.1) is 5.92 Å². The van der Waals surface area contributed by atoms with Crippen LogP contribution in [0.3, 0.4) is 0 Å². The summed E-state index contributed by atoms with van der Waals surface area (Å²) in [6, 6.07) is 3.70. The molecule has 0 spiro atoms. The van der Waals surface area contributed by atoms with Gasteiger partial charge in [-0.15, -0.1) is 0 Å². The molecular formula is C18H27ClN2O3. The van der Waals surface area contributed by atoms with Crippen molar-refractivity contribution < 1.29 is 14.3 Å². The second-order valence-electron chi connectivity index (χ2n) is 7.24. The van der Waals surface area contributed by atoms with E-state index in [4.69, 9.17) is 21.1 Å². The quantitative estimate of drug-likeness (QED) is 0.584. The van der Waals surface area contributed by atoms with Gasteiger partial charge in [0.1, 0.15) is 10.8 Å². The third-order valence-corrected chi connectivity index (χ3v) is 4.22. The van der Waals surface area contributed by atoms with Gasteiger partial charge in [0.2, 0.25) is 0 Å². The SMILES string of the molecule is CC(C)(C)OC(=O)N1CCC(CCOCc2ccc(Cl)nc2)CC1. The van der Waals surface area contributed by atoms with Crippen molar-refractivity contribution in [2.75, 3.05) is 19.7 Å². The van der Waals surface area contributed by atoms with Crippen LogP contribution in [0.2, 0.25) is 5.15 Å². The number of hydrogen-bond acceptors (Lipinski definition) is 4. The molecule has 0 saturated carbocycles. The Morgan fingerprint density at radius 3 is 2.62 bits per heavy atom. The summed E-state index contributed by atoms with van der Waals surface area (Å²) in [7, 11) is 0. The zero-order chi connectivity index (χ0) is 17.6. The van der Waals surface area contributed by atoms with E-state index >= 15 is 0 Å². The molecule has 0 N–H and O–H groups in total. The fourth-order valence-electron chi connectivity index (χ4n) is 2.66. The summed E-state index contributed by atoms with van der Waals surface area (Å²) < 4.78 is 11.1. The fourth-order valence-corrected chi connectivity index (χ4v) is 2.77. The fraction of sp³-hybridized carbons (Fsp3) is 0.667. The molecule has 2 heterocycles. The standard InChI is InChI=1S/C18H27ClN2O3/c1-18(2,3)24-17(22)21-9-6-14(7-10-21)8-11-23-13-15-4-5-16(19)20-12-15/h4-5,12,14H,6-11,13H2,1-3H3. The van der Waals surface area contributed by atoms with Crippen LogP contribution in [-0.2, 0) is 16.1 Å². The highest BCUT2D eigenvalue weighted by atomic mass is 35.5. The van der Waals surface area contributed by atoms with Gasteiger partial charge in [0.25, 0.3) is 0 Å². The molecule has 0 unspecified atom stereocenters. The monoisotopic (exact) mass is 354 g/mol. The summed E-state index contributed by atoms with van der Waals surface area (Å²) >= 11 is 5.76. The van der Waals surface area contributed by atoms with Crippen LogP contribution in [-0.4, -0.2) is 41.3 Å². The topological polar surface area (TPSA) is 51.7 Å². The summed E-state index contributed by atoms with van der Waals surface area (Å²) in [5.74, 6) is 0.604. The lowest BCUT2D eigenvalue weighted by Crippen LogP contribution is -2.41. The molecule has 5 nitrogen and oxygen atoms in total. The number of carbonyl (C=O) groups is 1. The Morgan fingerprint density at radius 1 is 1.33 bits per heavy atom. The number of nitrogens with zero attached hydrogens (tertiary/aromatic N) is 2. The minimum atomic E-state index is -0.432. The Labute approximate surface area is 149 Å². The lowest BCUT2D eigenvalue weighted by Gasteiger charge is -2.33. The number of pyridine rings is 1. The van der Waals surface area contributed by atoms with Gasteiger partial charge in [-0.05, 0) is 57.6 Å². The van der Waals surface area contributed by atoms with Gasteiger partial charge in [0.15, 0.2) is 0 Å². The summed E-state index contributed by atoms with van der Waals surface area (Å²) in [4.78, 5) is 17.9. The molecule has 1 aliphatic heterocycles. The van der Waals surface area contributed by atoms with Crippen molar-refractivity contribution in [3.8, 4) is 0 Å². The molecule has 0 atom stereocenters. The van der Waals surface area contributed by atoms with Crippen LogP contribution >= 0.6 is 11.6 Å².